The molecule has 0 saturated carbocycles. The highest BCUT2D eigenvalue weighted by Gasteiger charge is 2.26. The smallest absolute Gasteiger partial charge is 0.341 e. The number of halogens is 3. The number of aromatic nitrogens is 1. The zero-order chi connectivity index (χ0) is 18.8. The fraction of sp³-hybridized carbons (Fsp3) is 0.143. The Hall–Kier alpha value is -2.27. The van der Waals surface area contributed by atoms with E-state index >= 15 is 0 Å². The van der Waals surface area contributed by atoms with Gasteiger partial charge in [-0.05, 0) is 46.3 Å². The second-order valence-electron chi connectivity index (χ2n) is 4.89. The number of aryl methyl sites for hydroxylation is 1. The molecule has 0 radical (unpaired) electrons. The second kappa shape index (κ2) is 7.31. The first-order valence-corrected chi connectivity index (χ1v) is 9.01. The number of rotatable bonds is 4. The maximum atomic E-state index is 12.4. The molecule has 2 amide bonds. The highest BCUT2D eigenvalue weighted by molar-refractivity contribution is 9.10. The molecule has 134 valence electrons. The molecule has 2 N–H and O–H groups in total. The van der Waals surface area contributed by atoms with E-state index in [4.69, 9.17) is 0 Å². The third-order valence-electron chi connectivity index (χ3n) is 3.17. The Morgan fingerprint density at radius 3 is 2.16 bits per heavy atom. The molecule has 1 aromatic heterocycles. The SMILES string of the molecule is Cn1cc(Br)cc1C(=O)NNC(=O)c1ccc(S(=O)(=O)C(F)F)cc1. The van der Waals surface area contributed by atoms with Crippen molar-refractivity contribution in [3.8, 4) is 0 Å². The molecule has 0 spiro atoms. The van der Waals surface area contributed by atoms with E-state index in [1.807, 2.05) is 0 Å². The molecule has 2 aromatic rings. The lowest BCUT2D eigenvalue weighted by Crippen LogP contribution is -2.42. The molecule has 0 aliphatic heterocycles. The van der Waals surface area contributed by atoms with Crippen LogP contribution in [0.25, 0.3) is 0 Å². The monoisotopic (exact) mass is 435 g/mol. The first-order chi connectivity index (χ1) is 11.6. The summed E-state index contributed by atoms with van der Waals surface area (Å²) >= 11 is 3.21. The van der Waals surface area contributed by atoms with Gasteiger partial charge in [-0.25, -0.2) is 8.42 Å². The fourth-order valence-corrected chi connectivity index (χ4v) is 3.14. The number of hydrogen-bond donors (Lipinski definition) is 2. The summed E-state index contributed by atoms with van der Waals surface area (Å²) in [4.78, 5) is 23.3. The van der Waals surface area contributed by atoms with Crippen LogP contribution in [-0.2, 0) is 16.9 Å². The molecular formula is C14H12BrF2N3O4S. The van der Waals surface area contributed by atoms with E-state index < -0.39 is 32.3 Å². The quantitative estimate of drug-likeness (QED) is 0.716. The number of benzene rings is 1. The third-order valence-corrected chi connectivity index (χ3v) is 5.01. The summed E-state index contributed by atoms with van der Waals surface area (Å²) in [6.07, 6.45) is 1.65. The molecule has 0 aliphatic carbocycles. The first kappa shape index (κ1) is 19.1. The van der Waals surface area contributed by atoms with Crippen molar-refractivity contribution in [3.63, 3.8) is 0 Å². The van der Waals surface area contributed by atoms with Crippen molar-refractivity contribution in [2.45, 2.75) is 10.7 Å². The number of nitrogens with one attached hydrogen (secondary N) is 2. The lowest BCUT2D eigenvalue weighted by Gasteiger charge is -2.08. The molecule has 0 fully saturated rings. The van der Waals surface area contributed by atoms with Crippen LogP contribution in [0.5, 0.6) is 0 Å². The number of carbonyl (C=O) groups is 2. The van der Waals surface area contributed by atoms with Crippen LogP contribution in [0.4, 0.5) is 8.78 Å². The van der Waals surface area contributed by atoms with Gasteiger partial charge < -0.3 is 4.57 Å². The minimum absolute atomic E-state index is 0.0124. The highest BCUT2D eigenvalue weighted by atomic mass is 79.9. The number of alkyl halides is 2. The Labute approximate surface area is 150 Å². The third kappa shape index (κ3) is 4.23. The van der Waals surface area contributed by atoms with Crippen LogP contribution < -0.4 is 10.9 Å². The van der Waals surface area contributed by atoms with E-state index in [1.165, 1.54) is 4.57 Å². The Morgan fingerprint density at radius 1 is 1.12 bits per heavy atom. The van der Waals surface area contributed by atoms with Crippen molar-refractivity contribution >= 4 is 37.6 Å². The summed E-state index contributed by atoms with van der Waals surface area (Å²) in [6, 6.07) is 5.47. The van der Waals surface area contributed by atoms with Gasteiger partial charge in [0.05, 0.1) is 4.90 Å². The molecule has 0 bridgehead atoms. The number of carbonyl (C=O) groups excluding carboxylic acids is 2. The molecule has 0 saturated heterocycles. The molecule has 25 heavy (non-hydrogen) atoms. The predicted molar refractivity (Wildman–Crippen MR) is 87.7 cm³/mol. The normalized spacial score (nSPS) is 11.4. The maximum Gasteiger partial charge on any atom is 0.341 e. The fourth-order valence-electron chi connectivity index (χ4n) is 1.90. The lowest BCUT2D eigenvalue weighted by atomic mass is 10.2. The molecule has 1 heterocycles. The van der Waals surface area contributed by atoms with Gasteiger partial charge in [0.1, 0.15) is 5.69 Å². The van der Waals surface area contributed by atoms with E-state index in [-0.39, 0.29) is 11.3 Å². The van der Waals surface area contributed by atoms with E-state index in [2.05, 4.69) is 26.8 Å². The van der Waals surface area contributed by atoms with Crippen LogP contribution in [0.15, 0.2) is 45.9 Å². The standard InChI is InChI=1S/C14H12BrF2N3O4S/c1-20-7-9(15)6-11(20)13(22)19-18-12(21)8-2-4-10(5-3-8)25(23,24)14(16)17/h2-7,14H,1H3,(H,18,21)(H,19,22). The van der Waals surface area contributed by atoms with Crippen molar-refractivity contribution in [2.75, 3.05) is 0 Å². The molecule has 0 unspecified atom stereocenters. The van der Waals surface area contributed by atoms with Crippen LogP contribution in [0.3, 0.4) is 0 Å². The minimum atomic E-state index is -4.73. The van der Waals surface area contributed by atoms with Crippen LogP contribution in [-0.4, -0.2) is 30.6 Å². The predicted octanol–water partition coefficient (Wildman–Crippen LogP) is 1.86. The van der Waals surface area contributed by atoms with Crippen molar-refractivity contribution in [1.29, 1.82) is 0 Å². The minimum Gasteiger partial charge on any atom is -0.345 e. The average Bonchev–Trinajstić information content (AvgIpc) is 2.90. The van der Waals surface area contributed by atoms with Gasteiger partial charge in [-0.1, -0.05) is 0 Å². The van der Waals surface area contributed by atoms with Gasteiger partial charge in [0.25, 0.3) is 11.8 Å². The van der Waals surface area contributed by atoms with Crippen molar-refractivity contribution < 1.29 is 26.8 Å². The Bertz CT molecular complexity index is 911. The van der Waals surface area contributed by atoms with Crippen LogP contribution in [0.1, 0.15) is 20.8 Å². The van der Waals surface area contributed by atoms with Gasteiger partial charge in [-0.3, -0.25) is 20.4 Å². The van der Waals surface area contributed by atoms with E-state index in [0.29, 0.717) is 4.47 Å². The van der Waals surface area contributed by atoms with Gasteiger partial charge in [-0.15, -0.1) is 0 Å². The van der Waals surface area contributed by atoms with Gasteiger partial charge in [0.15, 0.2) is 0 Å². The van der Waals surface area contributed by atoms with Crippen LogP contribution in [0, 0.1) is 0 Å². The summed E-state index contributed by atoms with van der Waals surface area (Å²) < 4.78 is 49.7. The molecule has 7 nitrogen and oxygen atoms in total. The zero-order valence-corrected chi connectivity index (χ0v) is 15.1. The van der Waals surface area contributed by atoms with Gasteiger partial charge >= 0.3 is 5.76 Å². The molecule has 0 atom stereocenters. The summed E-state index contributed by atoms with van der Waals surface area (Å²) in [6.45, 7) is 0. The van der Waals surface area contributed by atoms with Crippen LogP contribution in [0.2, 0.25) is 0 Å². The number of sulfone groups is 1. The highest BCUT2D eigenvalue weighted by Crippen LogP contribution is 2.18. The van der Waals surface area contributed by atoms with Crippen molar-refractivity contribution in [1.82, 2.24) is 15.4 Å². The van der Waals surface area contributed by atoms with Gasteiger partial charge in [0, 0.05) is 23.3 Å². The molecular weight excluding hydrogens is 424 g/mol. The van der Waals surface area contributed by atoms with Crippen LogP contribution >= 0.6 is 15.9 Å². The topological polar surface area (TPSA) is 97.3 Å². The Balaban J connectivity index is 2.04. The number of nitrogens with zero attached hydrogens (tertiary/aromatic N) is 1. The molecule has 1 aromatic carbocycles. The molecule has 2 rings (SSSR count). The molecule has 0 aliphatic rings. The van der Waals surface area contributed by atoms with Gasteiger partial charge in [0.2, 0.25) is 9.84 Å². The van der Waals surface area contributed by atoms with E-state index in [0.717, 1.165) is 24.3 Å². The summed E-state index contributed by atoms with van der Waals surface area (Å²) in [5, 5.41) is 0. The van der Waals surface area contributed by atoms with Crippen molar-refractivity contribution in [3.05, 3.63) is 52.3 Å². The number of hydrazine groups is 1. The maximum absolute atomic E-state index is 12.4. The average molecular weight is 436 g/mol. The Morgan fingerprint density at radius 2 is 1.68 bits per heavy atom. The largest absolute Gasteiger partial charge is 0.345 e. The first-order valence-electron chi connectivity index (χ1n) is 6.67. The van der Waals surface area contributed by atoms with E-state index in [9.17, 15) is 26.8 Å². The Kier molecular flexibility index (Phi) is 5.58. The van der Waals surface area contributed by atoms with Gasteiger partial charge in [-0.2, -0.15) is 8.78 Å². The summed E-state index contributed by atoms with van der Waals surface area (Å²) in [7, 11) is -3.08. The molecule has 11 heteroatoms. The summed E-state index contributed by atoms with van der Waals surface area (Å²) in [5.41, 5.74) is 4.62. The van der Waals surface area contributed by atoms with E-state index in [1.54, 1.807) is 19.3 Å². The van der Waals surface area contributed by atoms with Crippen molar-refractivity contribution in [2.24, 2.45) is 7.05 Å². The summed E-state index contributed by atoms with van der Waals surface area (Å²) in [5.74, 6) is -4.85. The second-order valence-corrected chi connectivity index (χ2v) is 7.73. The lowest BCUT2D eigenvalue weighted by molar-refractivity contribution is 0.0842. The number of amides is 2. The number of hydrogen-bond acceptors (Lipinski definition) is 4. The zero-order valence-electron chi connectivity index (χ0n) is 12.7.